The Labute approximate surface area is 191 Å². The van der Waals surface area contributed by atoms with Crippen LogP contribution >= 0.6 is 0 Å². The first-order chi connectivity index (χ1) is 14.5. The van der Waals surface area contributed by atoms with Crippen LogP contribution in [0.4, 0.5) is 4.79 Å². The highest BCUT2D eigenvalue weighted by molar-refractivity contribution is 6.06. The third-order valence-corrected chi connectivity index (χ3v) is 5.75. The summed E-state index contributed by atoms with van der Waals surface area (Å²) in [5.41, 5.74) is 1.50. The lowest BCUT2D eigenvalue weighted by Gasteiger charge is -2.28. The Bertz CT molecular complexity index is 856. The van der Waals surface area contributed by atoms with Gasteiger partial charge in [0.05, 0.1) is 0 Å². The number of phenols is 1. The lowest BCUT2D eigenvalue weighted by molar-refractivity contribution is -0.130. The molecule has 3 N–H and O–H groups in total. The maximum Gasteiger partial charge on any atom is 0.325 e. The van der Waals surface area contributed by atoms with Crippen LogP contribution in [0, 0.1) is 0 Å². The van der Waals surface area contributed by atoms with E-state index in [-0.39, 0.29) is 35.2 Å². The normalized spacial score (nSPS) is 16.3. The van der Waals surface area contributed by atoms with Gasteiger partial charge in [-0.3, -0.25) is 14.5 Å². The van der Waals surface area contributed by atoms with Gasteiger partial charge in [-0.15, -0.1) is 0 Å². The maximum atomic E-state index is 12.4. The van der Waals surface area contributed by atoms with E-state index in [4.69, 9.17) is 0 Å². The van der Waals surface area contributed by atoms with E-state index in [0.717, 1.165) is 16.7 Å². The number of carbonyl (C=O) groups is 3. The summed E-state index contributed by atoms with van der Waals surface area (Å²) in [6.45, 7) is 16.4. The third-order valence-electron chi connectivity index (χ3n) is 5.75. The van der Waals surface area contributed by atoms with E-state index in [1.807, 2.05) is 12.1 Å². The number of benzene rings is 1. The largest absolute Gasteiger partial charge is 0.507 e. The molecular weight excluding hydrogens is 406 g/mol. The second kappa shape index (κ2) is 9.12. The summed E-state index contributed by atoms with van der Waals surface area (Å²) in [6.07, 6.45) is 1.40. The summed E-state index contributed by atoms with van der Waals surface area (Å²) in [5.74, 6) is 0.0116. The van der Waals surface area contributed by atoms with Crippen molar-refractivity contribution in [3.63, 3.8) is 0 Å². The van der Waals surface area contributed by atoms with E-state index in [1.165, 1.54) is 4.90 Å². The van der Waals surface area contributed by atoms with Gasteiger partial charge in [-0.25, -0.2) is 4.79 Å². The molecule has 1 aromatic carbocycles. The van der Waals surface area contributed by atoms with Crippen molar-refractivity contribution in [3.05, 3.63) is 28.8 Å². The summed E-state index contributed by atoms with van der Waals surface area (Å²) in [4.78, 5) is 37.6. The van der Waals surface area contributed by atoms with Crippen LogP contribution in [-0.4, -0.2) is 46.5 Å². The van der Waals surface area contributed by atoms with Gasteiger partial charge in [-0.1, -0.05) is 53.7 Å². The number of aryl methyl sites for hydroxylation is 1. The summed E-state index contributed by atoms with van der Waals surface area (Å²) >= 11 is 0. The Hall–Kier alpha value is -2.57. The predicted octanol–water partition coefficient (Wildman–Crippen LogP) is 3.76. The molecule has 1 heterocycles. The highest BCUT2D eigenvalue weighted by Crippen LogP contribution is 2.40. The van der Waals surface area contributed by atoms with E-state index < -0.39 is 5.54 Å². The molecule has 0 aromatic heterocycles. The fraction of sp³-hybridized carbons (Fsp3) is 0.640. The van der Waals surface area contributed by atoms with E-state index in [9.17, 15) is 19.5 Å². The highest BCUT2D eigenvalue weighted by atomic mass is 16.3. The van der Waals surface area contributed by atoms with Gasteiger partial charge in [0, 0.05) is 19.5 Å². The van der Waals surface area contributed by atoms with E-state index in [1.54, 1.807) is 13.8 Å². The molecule has 0 unspecified atom stereocenters. The first-order valence-corrected chi connectivity index (χ1v) is 11.3. The van der Waals surface area contributed by atoms with Gasteiger partial charge < -0.3 is 15.7 Å². The minimum Gasteiger partial charge on any atom is -0.507 e. The zero-order valence-corrected chi connectivity index (χ0v) is 20.8. The summed E-state index contributed by atoms with van der Waals surface area (Å²) < 4.78 is 0. The molecule has 1 aromatic rings. The number of amides is 4. The number of aromatic hydroxyl groups is 1. The Balaban J connectivity index is 1.93. The molecule has 0 atom stereocenters. The average molecular weight is 446 g/mol. The maximum absolute atomic E-state index is 12.4. The molecule has 1 fully saturated rings. The Morgan fingerprint density at radius 1 is 1.06 bits per heavy atom. The zero-order valence-electron chi connectivity index (χ0n) is 20.8. The van der Waals surface area contributed by atoms with Crippen LogP contribution in [0.15, 0.2) is 12.1 Å². The van der Waals surface area contributed by atoms with Crippen molar-refractivity contribution in [2.45, 2.75) is 91.0 Å². The molecule has 0 aliphatic carbocycles. The van der Waals surface area contributed by atoms with Crippen LogP contribution in [0.3, 0.4) is 0 Å². The van der Waals surface area contributed by atoms with Crippen LogP contribution in [0.1, 0.15) is 84.9 Å². The number of hydrogen-bond acceptors (Lipinski definition) is 4. The Morgan fingerprint density at radius 2 is 1.59 bits per heavy atom. The van der Waals surface area contributed by atoms with Gasteiger partial charge in [-0.05, 0) is 54.2 Å². The molecule has 1 aliphatic rings. The van der Waals surface area contributed by atoms with Crippen LogP contribution in [-0.2, 0) is 26.8 Å². The van der Waals surface area contributed by atoms with Gasteiger partial charge >= 0.3 is 6.03 Å². The van der Waals surface area contributed by atoms with Gasteiger partial charge in [0.15, 0.2) is 0 Å². The van der Waals surface area contributed by atoms with E-state index in [2.05, 4.69) is 52.2 Å². The molecule has 0 radical (unpaired) electrons. The number of imide groups is 1. The predicted molar refractivity (Wildman–Crippen MR) is 126 cm³/mol. The molecule has 1 aliphatic heterocycles. The number of rotatable bonds is 7. The number of nitrogens with zero attached hydrogens (tertiary/aromatic N) is 1. The molecular formula is C25H39N3O4. The van der Waals surface area contributed by atoms with Gasteiger partial charge in [0.2, 0.25) is 5.91 Å². The van der Waals surface area contributed by atoms with Crippen LogP contribution < -0.4 is 10.6 Å². The molecule has 178 valence electrons. The Kier molecular flexibility index (Phi) is 7.32. The van der Waals surface area contributed by atoms with Crippen LogP contribution in [0.5, 0.6) is 5.75 Å². The van der Waals surface area contributed by atoms with Gasteiger partial charge in [0.25, 0.3) is 5.91 Å². The summed E-state index contributed by atoms with van der Waals surface area (Å²) in [6, 6.07) is 3.61. The topological polar surface area (TPSA) is 98.7 Å². The molecule has 0 saturated carbocycles. The lowest BCUT2D eigenvalue weighted by Crippen LogP contribution is -2.40. The molecule has 7 nitrogen and oxygen atoms in total. The van der Waals surface area contributed by atoms with Crippen molar-refractivity contribution in [2.24, 2.45) is 0 Å². The summed E-state index contributed by atoms with van der Waals surface area (Å²) in [7, 11) is 0. The fourth-order valence-corrected chi connectivity index (χ4v) is 3.81. The van der Waals surface area contributed by atoms with Crippen molar-refractivity contribution in [1.29, 1.82) is 0 Å². The Morgan fingerprint density at radius 3 is 2.03 bits per heavy atom. The quantitative estimate of drug-likeness (QED) is 0.440. The van der Waals surface area contributed by atoms with Crippen molar-refractivity contribution >= 4 is 17.8 Å². The molecule has 1 saturated heterocycles. The average Bonchev–Trinajstić information content (AvgIpc) is 2.83. The van der Waals surface area contributed by atoms with Gasteiger partial charge in [-0.2, -0.15) is 0 Å². The minimum atomic E-state index is -0.873. The van der Waals surface area contributed by atoms with Crippen molar-refractivity contribution in [3.8, 4) is 5.75 Å². The van der Waals surface area contributed by atoms with E-state index in [0.29, 0.717) is 31.6 Å². The molecule has 7 heteroatoms. The van der Waals surface area contributed by atoms with Crippen molar-refractivity contribution < 1.29 is 19.5 Å². The smallest absolute Gasteiger partial charge is 0.325 e. The van der Waals surface area contributed by atoms with Crippen LogP contribution in [0.2, 0.25) is 0 Å². The molecule has 2 rings (SSSR count). The zero-order chi connectivity index (χ0) is 24.5. The second-order valence-electron chi connectivity index (χ2n) is 11.3. The number of phenolic OH excluding ortho intramolecular Hbond substituents is 1. The number of urea groups is 1. The first kappa shape index (κ1) is 25.7. The standard InChI is InChI=1S/C25H39N3O4/c1-23(2,3)17-14-16(15-18(20(17)30)24(4,5)6)10-11-19(29)26-12-9-13-28-21(31)25(7,8)27-22(28)32/h14-15,30H,9-13H2,1-8H3,(H,26,29)(H,27,32). The fourth-order valence-electron chi connectivity index (χ4n) is 3.81. The third kappa shape index (κ3) is 6.02. The van der Waals surface area contributed by atoms with Crippen molar-refractivity contribution in [2.75, 3.05) is 13.1 Å². The lowest BCUT2D eigenvalue weighted by atomic mass is 9.78. The first-order valence-electron chi connectivity index (χ1n) is 11.3. The van der Waals surface area contributed by atoms with Gasteiger partial charge in [0.1, 0.15) is 11.3 Å². The SMILES string of the molecule is CC1(C)NC(=O)N(CCCNC(=O)CCc2cc(C(C)(C)C)c(O)c(C(C)(C)C)c2)C1=O. The second-order valence-corrected chi connectivity index (χ2v) is 11.3. The summed E-state index contributed by atoms with van der Waals surface area (Å²) in [5, 5.41) is 16.3. The van der Waals surface area contributed by atoms with Crippen LogP contribution in [0.25, 0.3) is 0 Å². The molecule has 4 amide bonds. The minimum absolute atomic E-state index is 0.0785. The van der Waals surface area contributed by atoms with E-state index >= 15 is 0 Å². The number of hydrogen-bond donors (Lipinski definition) is 3. The molecule has 0 spiro atoms. The monoisotopic (exact) mass is 445 g/mol. The molecule has 32 heavy (non-hydrogen) atoms. The highest BCUT2D eigenvalue weighted by Gasteiger charge is 2.43. The number of nitrogens with one attached hydrogen (secondary N) is 2. The molecule has 0 bridgehead atoms. The number of carbonyl (C=O) groups excluding carboxylic acids is 3. The van der Waals surface area contributed by atoms with Crippen molar-refractivity contribution in [1.82, 2.24) is 15.5 Å².